The Balaban J connectivity index is 1.80. The fraction of sp³-hybridized carbons (Fsp3) is 0.0769. The average molecular weight is 276 g/mol. The van der Waals surface area contributed by atoms with Crippen molar-refractivity contribution in [1.82, 2.24) is 14.6 Å². The van der Waals surface area contributed by atoms with E-state index in [2.05, 4.69) is 10.1 Å². The summed E-state index contributed by atoms with van der Waals surface area (Å²) in [5.74, 6) is 1.24. The maximum atomic E-state index is 9.33. The predicted molar refractivity (Wildman–Crippen MR) is 70.4 cm³/mol. The minimum Gasteiger partial charge on any atom is -0.508 e. The molecule has 0 aliphatic carbocycles. The Hall–Kier alpha value is -2.27. The minimum absolute atomic E-state index is 0.156. The lowest BCUT2D eigenvalue weighted by Gasteiger charge is -2.03. The Morgan fingerprint density at radius 2 is 2.05 bits per heavy atom. The molecule has 0 radical (unpaired) electrons. The maximum absolute atomic E-state index is 9.33. The van der Waals surface area contributed by atoms with Crippen LogP contribution in [0.15, 0.2) is 42.5 Å². The van der Waals surface area contributed by atoms with Crippen molar-refractivity contribution in [3.05, 3.63) is 53.4 Å². The second kappa shape index (κ2) is 4.78. The Morgan fingerprint density at radius 3 is 2.84 bits per heavy atom. The van der Waals surface area contributed by atoms with Crippen LogP contribution in [-0.4, -0.2) is 19.7 Å². The first kappa shape index (κ1) is 11.8. The number of hydrogen-bond acceptors (Lipinski definition) is 4. The number of pyridine rings is 1. The molecule has 3 aromatic rings. The lowest BCUT2D eigenvalue weighted by molar-refractivity contribution is 0.294. The normalized spacial score (nSPS) is 10.8. The summed E-state index contributed by atoms with van der Waals surface area (Å²) in [4.78, 5) is 4.29. The standard InChI is InChI=1S/C13H10ClN3O2/c14-11-5-2-6-13-15-12(16-17(11)13)8-19-10-4-1-3-9(18)7-10/h1-7,18H,8H2. The van der Waals surface area contributed by atoms with Crippen LogP contribution in [-0.2, 0) is 6.61 Å². The molecule has 0 spiro atoms. The summed E-state index contributed by atoms with van der Waals surface area (Å²) in [7, 11) is 0. The molecular weight excluding hydrogens is 266 g/mol. The van der Waals surface area contributed by atoms with E-state index in [9.17, 15) is 5.11 Å². The maximum Gasteiger partial charge on any atom is 0.189 e. The largest absolute Gasteiger partial charge is 0.508 e. The zero-order valence-corrected chi connectivity index (χ0v) is 10.6. The topological polar surface area (TPSA) is 59.7 Å². The van der Waals surface area contributed by atoms with Crippen LogP contribution in [0.2, 0.25) is 5.15 Å². The summed E-state index contributed by atoms with van der Waals surface area (Å²) < 4.78 is 7.05. The van der Waals surface area contributed by atoms with Crippen molar-refractivity contribution in [3.8, 4) is 11.5 Å². The number of ether oxygens (including phenoxy) is 1. The summed E-state index contributed by atoms with van der Waals surface area (Å²) in [6.07, 6.45) is 0. The molecule has 1 N–H and O–H groups in total. The molecule has 1 aromatic carbocycles. The molecule has 0 bridgehead atoms. The van der Waals surface area contributed by atoms with Crippen LogP contribution in [0.5, 0.6) is 11.5 Å². The van der Waals surface area contributed by atoms with Gasteiger partial charge in [-0.3, -0.25) is 0 Å². The van der Waals surface area contributed by atoms with Crippen LogP contribution < -0.4 is 4.74 Å². The molecule has 0 aliphatic rings. The summed E-state index contributed by atoms with van der Waals surface area (Å²) in [6, 6.07) is 11.9. The summed E-state index contributed by atoms with van der Waals surface area (Å²) in [6.45, 7) is 0.210. The fourth-order valence-electron chi connectivity index (χ4n) is 1.70. The highest BCUT2D eigenvalue weighted by Gasteiger charge is 2.06. The van der Waals surface area contributed by atoms with Gasteiger partial charge >= 0.3 is 0 Å². The number of phenols is 1. The lowest BCUT2D eigenvalue weighted by Crippen LogP contribution is -1.98. The number of benzene rings is 1. The van der Waals surface area contributed by atoms with Crippen molar-refractivity contribution in [3.63, 3.8) is 0 Å². The highest BCUT2D eigenvalue weighted by molar-refractivity contribution is 6.29. The number of halogens is 1. The van der Waals surface area contributed by atoms with E-state index in [4.69, 9.17) is 16.3 Å². The Morgan fingerprint density at radius 1 is 1.21 bits per heavy atom. The van der Waals surface area contributed by atoms with E-state index >= 15 is 0 Å². The van der Waals surface area contributed by atoms with Gasteiger partial charge in [0.25, 0.3) is 0 Å². The smallest absolute Gasteiger partial charge is 0.189 e. The molecule has 96 valence electrons. The van der Waals surface area contributed by atoms with Crippen LogP contribution in [0, 0.1) is 0 Å². The van der Waals surface area contributed by atoms with Crippen molar-refractivity contribution in [2.24, 2.45) is 0 Å². The average Bonchev–Trinajstić information content (AvgIpc) is 2.81. The van der Waals surface area contributed by atoms with Crippen molar-refractivity contribution >= 4 is 17.2 Å². The first-order valence-electron chi connectivity index (χ1n) is 5.64. The van der Waals surface area contributed by atoms with Gasteiger partial charge in [0.05, 0.1) is 0 Å². The van der Waals surface area contributed by atoms with E-state index in [1.807, 2.05) is 12.1 Å². The molecule has 3 rings (SSSR count). The first-order valence-corrected chi connectivity index (χ1v) is 6.02. The number of aromatic hydroxyl groups is 1. The van der Waals surface area contributed by atoms with Crippen LogP contribution in [0.25, 0.3) is 5.65 Å². The number of aromatic nitrogens is 3. The minimum atomic E-state index is 0.156. The monoisotopic (exact) mass is 275 g/mol. The van der Waals surface area contributed by atoms with E-state index in [0.29, 0.717) is 22.4 Å². The first-order chi connectivity index (χ1) is 9.22. The van der Waals surface area contributed by atoms with Gasteiger partial charge in [0, 0.05) is 6.07 Å². The molecule has 19 heavy (non-hydrogen) atoms. The summed E-state index contributed by atoms with van der Waals surface area (Å²) in [5.41, 5.74) is 0.669. The quantitative estimate of drug-likeness (QED) is 0.747. The summed E-state index contributed by atoms with van der Waals surface area (Å²) >= 11 is 5.99. The van der Waals surface area contributed by atoms with Crippen LogP contribution >= 0.6 is 11.6 Å². The van der Waals surface area contributed by atoms with Crippen molar-refractivity contribution in [2.75, 3.05) is 0 Å². The highest BCUT2D eigenvalue weighted by Crippen LogP contribution is 2.18. The molecule has 2 heterocycles. The van der Waals surface area contributed by atoms with Crippen LogP contribution in [0.1, 0.15) is 5.82 Å². The molecule has 2 aromatic heterocycles. The lowest BCUT2D eigenvalue weighted by atomic mass is 10.3. The van der Waals surface area contributed by atoms with Gasteiger partial charge < -0.3 is 9.84 Å². The van der Waals surface area contributed by atoms with Crippen molar-refractivity contribution in [2.45, 2.75) is 6.61 Å². The van der Waals surface area contributed by atoms with Crippen molar-refractivity contribution < 1.29 is 9.84 Å². The zero-order chi connectivity index (χ0) is 13.2. The molecule has 0 fully saturated rings. The van der Waals surface area contributed by atoms with Gasteiger partial charge in [0.15, 0.2) is 11.5 Å². The van der Waals surface area contributed by atoms with Gasteiger partial charge in [-0.15, -0.1) is 5.10 Å². The Bertz CT molecular complexity index is 727. The van der Waals surface area contributed by atoms with Gasteiger partial charge in [-0.2, -0.15) is 0 Å². The van der Waals surface area contributed by atoms with Crippen molar-refractivity contribution in [1.29, 1.82) is 0 Å². The molecule has 0 aliphatic heterocycles. The molecule has 0 saturated heterocycles. The number of phenolic OH excluding ortho intramolecular Hbond substituents is 1. The fourth-order valence-corrected chi connectivity index (χ4v) is 1.90. The second-order valence-corrected chi connectivity index (χ2v) is 4.32. The molecule has 0 unspecified atom stereocenters. The van der Waals surface area contributed by atoms with Crippen LogP contribution in [0.3, 0.4) is 0 Å². The summed E-state index contributed by atoms with van der Waals surface area (Å²) in [5, 5.41) is 14.1. The van der Waals surface area contributed by atoms with E-state index in [1.165, 1.54) is 6.07 Å². The third-order valence-electron chi connectivity index (χ3n) is 2.54. The number of fused-ring (bicyclic) bond motifs is 1. The highest BCUT2D eigenvalue weighted by atomic mass is 35.5. The van der Waals surface area contributed by atoms with E-state index in [1.54, 1.807) is 28.8 Å². The molecule has 0 saturated carbocycles. The molecular formula is C13H10ClN3O2. The van der Waals surface area contributed by atoms with Gasteiger partial charge in [-0.05, 0) is 24.3 Å². The van der Waals surface area contributed by atoms with E-state index in [-0.39, 0.29) is 12.4 Å². The Labute approximate surface area is 114 Å². The van der Waals surface area contributed by atoms with Crippen LogP contribution in [0.4, 0.5) is 0 Å². The predicted octanol–water partition coefficient (Wildman–Crippen LogP) is 2.67. The van der Waals surface area contributed by atoms with Gasteiger partial charge in [-0.1, -0.05) is 23.7 Å². The SMILES string of the molecule is Oc1cccc(OCc2nc3cccc(Cl)n3n2)c1. The molecule has 0 atom stereocenters. The van der Waals surface area contributed by atoms with Gasteiger partial charge in [-0.25, -0.2) is 9.50 Å². The zero-order valence-electron chi connectivity index (χ0n) is 9.82. The third kappa shape index (κ3) is 2.46. The molecule has 0 amide bonds. The van der Waals surface area contributed by atoms with E-state index in [0.717, 1.165) is 0 Å². The third-order valence-corrected chi connectivity index (χ3v) is 2.83. The van der Waals surface area contributed by atoms with E-state index < -0.39 is 0 Å². The van der Waals surface area contributed by atoms with Gasteiger partial charge in [0.1, 0.15) is 23.3 Å². The Kier molecular flexibility index (Phi) is 2.97. The number of nitrogens with zero attached hydrogens (tertiary/aromatic N) is 3. The second-order valence-electron chi connectivity index (χ2n) is 3.93. The number of rotatable bonds is 3. The molecule has 6 heteroatoms. The number of hydrogen-bond donors (Lipinski definition) is 1. The van der Waals surface area contributed by atoms with Gasteiger partial charge in [0.2, 0.25) is 0 Å². The molecule has 5 nitrogen and oxygen atoms in total.